The minimum Gasteiger partial charge on any atom is -0.585 e. The van der Waals surface area contributed by atoms with Crippen molar-refractivity contribution in [3.05, 3.63) is 5.43 Å². The summed E-state index contributed by atoms with van der Waals surface area (Å²) in [4.78, 5) is 39.2. The minimum atomic E-state index is -0.909. The first-order valence-electron chi connectivity index (χ1n) is 14.6. The van der Waals surface area contributed by atoms with E-state index in [0.29, 0.717) is 32.3 Å². The Morgan fingerprint density at radius 1 is 0.868 bits per heavy atom. The van der Waals surface area contributed by atoms with Gasteiger partial charge in [-0.3, -0.25) is 14.6 Å². The Hall–Kier alpha value is -2.20. The highest BCUT2D eigenvalue weighted by Gasteiger charge is 2.14. The molecule has 0 amide bonds. The average molecular weight is 541 g/mol. The van der Waals surface area contributed by atoms with Crippen molar-refractivity contribution in [3.63, 3.8) is 0 Å². The Morgan fingerprint density at radius 3 is 1.92 bits per heavy atom. The lowest BCUT2D eigenvalue weighted by molar-refractivity contribution is -0.145. The molecule has 0 fully saturated rings. The van der Waals surface area contributed by atoms with Crippen LogP contribution in [0, 0.1) is 0 Å². The van der Waals surface area contributed by atoms with Crippen molar-refractivity contribution in [3.8, 4) is 0 Å². The molecule has 2 atom stereocenters. The highest BCUT2D eigenvalue weighted by atomic mass is 16.5. The van der Waals surface area contributed by atoms with Crippen LogP contribution in [0.4, 0.5) is 0 Å². The number of rotatable bonds is 27. The van der Waals surface area contributed by atoms with Crippen LogP contribution in [-0.4, -0.2) is 56.5 Å². The summed E-state index contributed by atoms with van der Waals surface area (Å²) in [6.07, 6.45) is 19.7. The molecule has 0 aromatic rings. The van der Waals surface area contributed by atoms with E-state index < -0.39 is 18.1 Å². The molecule has 0 saturated carbocycles. The number of ether oxygens (including phenoxy) is 2. The van der Waals surface area contributed by atoms with E-state index in [1.807, 2.05) is 0 Å². The first-order valence-corrected chi connectivity index (χ1v) is 14.6. The van der Waals surface area contributed by atoms with Crippen molar-refractivity contribution in [2.24, 2.45) is 16.5 Å². The van der Waals surface area contributed by atoms with Crippen molar-refractivity contribution in [2.75, 3.05) is 20.3 Å². The predicted molar refractivity (Wildman–Crippen MR) is 153 cm³/mol. The number of carbonyl (C=O) groups is 3. The zero-order valence-corrected chi connectivity index (χ0v) is 24.0. The number of nitrogens with zero attached hydrogens (tertiary/aromatic N) is 2. The van der Waals surface area contributed by atoms with Gasteiger partial charge in [-0.05, 0) is 31.7 Å². The van der Waals surface area contributed by atoms with Crippen LogP contribution in [0.15, 0.2) is 4.99 Å². The van der Waals surface area contributed by atoms with Gasteiger partial charge in [0.2, 0.25) is 0 Å². The maximum absolute atomic E-state index is 12.1. The summed E-state index contributed by atoms with van der Waals surface area (Å²) in [7, 11) is 1.26. The zero-order chi connectivity index (χ0) is 28.3. The molecule has 0 spiro atoms. The minimum absolute atomic E-state index is 0.00714. The Balaban J connectivity index is 3.86. The largest absolute Gasteiger partial charge is 0.585 e. The molecule has 0 aliphatic carbocycles. The highest BCUT2D eigenvalue weighted by molar-refractivity contribution is 5.79. The van der Waals surface area contributed by atoms with Gasteiger partial charge in [0.05, 0.1) is 13.7 Å². The van der Waals surface area contributed by atoms with Gasteiger partial charge in [-0.15, -0.1) is 0 Å². The van der Waals surface area contributed by atoms with Crippen LogP contribution in [0.1, 0.15) is 122 Å². The van der Waals surface area contributed by atoms with Gasteiger partial charge in [-0.25, -0.2) is 0 Å². The number of aliphatic imine (C=N–C) groups is 1. The van der Waals surface area contributed by atoms with Crippen LogP contribution >= 0.6 is 0 Å². The normalized spacial score (nSPS) is 12.5. The third kappa shape index (κ3) is 23.0. The van der Waals surface area contributed by atoms with Gasteiger partial charge < -0.3 is 36.6 Å². The number of nitrogens with one attached hydrogen (secondary N) is 1. The maximum Gasteiger partial charge on any atom is 0.305 e. The van der Waals surface area contributed by atoms with Crippen LogP contribution in [-0.2, 0) is 23.9 Å². The number of methoxy groups -OCH3 is 1. The molecule has 1 unspecified atom stereocenters. The number of nitrogens with two attached hydrogens (primary N) is 2. The number of aldehydes is 1. The van der Waals surface area contributed by atoms with Crippen molar-refractivity contribution < 1.29 is 23.9 Å². The molecule has 0 radical (unpaired) electrons. The van der Waals surface area contributed by atoms with Crippen LogP contribution < -0.4 is 16.9 Å². The standard InChI is InChI=1S/C28H54N5O5/c1-3-4-5-6-7-8-9-10-11-12-13-14-15-16-22-38-26(35)20-19-25(27(36)37-2)33-32-24(23-34)18-17-21-31-28(29)30/h23-25,32H,3-22H2,1-2H3,(H4,29,30,31)/q-1/t24-,25?/m1/s1. The van der Waals surface area contributed by atoms with Crippen LogP contribution in [0.2, 0.25) is 0 Å². The van der Waals surface area contributed by atoms with E-state index >= 15 is 0 Å². The summed E-state index contributed by atoms with van der Waals surface area (Å²) in [5.41, 5.74) is 17.3. The fourth-order valence-electron chi connectivity index (χ4n) is 4.05. The molecule has 0 saturated heterocycles. The zero-order valence-electron chi connectivity index (χ0n) is 24.0. The molecule has 0 aliphatic rings. The summed E-state index contributed by atoms with van der Waals surface area (Å²) in [6.45, 7) is 3.03. The third-order valence-corrected chi connectivity index (χ3v) is 6.38. The Bertz CT molecular complexity index is 629. The molecule has 0 rings (SSSR count). The van der Waals surface area contributed by atoms with Crippen molar-refractivity contribution in [2.45, 2.75) is 135 Å². The quantitative estimate of drug-likeness (QED) is 0.0333. The highest BCUT2D eigenvalue weighted by Crippen LogP contribution is 2.14. The smallest absolute Gasteiger partial charge is 0.305 e. The van der Waals surface area contributed by atoms with E-state index in [-0.39, 0.29) is 24.8 Å². The van der Waals surface area contributed by atoms with Gasteiger partial charge in [0.1, 0.15) is 6.29 Å². The fourth-order valence-corrected chi connectivity index (χ4v) is 4.05. The lowest BCUT2D eigenvalue weighted by atomic mass is 10.0. The van der Waals surface area contributed by atoms with E-state index in [4.69, 9.17) is 20.9 Å². The van der Waals surface area contributed by atoms with E-state index in [0.717, 1.165) is 19.3 Å². The average Bonchev–Trinajstić information content (AvgIpc) is 2.91. The predicted octanol–water partition coefficient (Wildman–Crippen LogP) is 4.83. The van der Waals surface area contributed by atoms with E-state index in [9.17, 15) is 14.4 Å². The van der Waals surface area contributed by atoms with Crippen LogP contribution in [0.25, 0.3) is 5.43 Å². The first kappa shape index (κ1) is 35.8. The third-order valence-electron chi connectivity index (χ3n) is 6.38. The number of guanidine groups is 1. The summed E-state index contributed by atoms with van der Waals surface area (Å²) >= 11 is 0. The van der Waals surface area contributed by atoms with Gasteiger partial charge in [0, 0.05) is 19.0 Å². The molecule has 0 bridgehead atoms. The summed E-state index contributed by atoms with van der Waals surface area (Å²) in [6, 6.07) is -1.50. The molecule has 0 aliphatic heterocycles. The topological polar surface area (TPSA) is 160 Å². The molecule has 5 N–H and O–H groups in total. The van der Waals surface area contributed by atoms with Crippen LogP contribution in [0.3, 0.4) is 0 Å². The van der Waals surface area contributed by atoms with E-state index in [1.54, 1.807) is 0 Å². The lowest BCUT2D eigenvalue weighted by Crippen LogP contribution is -2.34. The molecular formula is C28H54N5O5-. The molecule has 10 nitrogen and oxygen atoms in total. The number of unbranched alkanes of at least 4 members (excludes halogenated alkanes) is 13. The Labute approximate surface area is 230 Å². The first-order chi connectivity index (χ1) is 18.4. The molecule has 0 aromatic heterocycles. The monoisotopic (exact) mass is 540 g/mol. The van der Waals surface area contributed by atoms with Crippen molar-refractivity contribution >= 4 is 24.2 Å². The Kier molecular flexibility index (Phi) is 24.9. The molecular weight excluding hydrogens is 486 g/mol. The van der Waals surface area contributed by atoms with E-state index in [2.05, 4.69) is 22.8 Å². The molecule has 0 aromatic carbocycles. The summed E-state index contributed by atoms with van der Waals surface area (Å²) < 4.78 is 10.1. The SMILES string of the molecule is CCCCCCCCCCCCCCCCOC(=O)CCC([N-]N[C@@H](C=O)CCCN=C(N)N)C(=O)OC. The van der Waals surface area contributed by atoms with Gasteiger partial charge in [0.15, 0.2) is 5.96 Å². The van der Waals surface area contributed by atoms with Crippen molar-refractivity contribution in [1.29, 1.82) is 0 Å². The van der Waals surface area contributed by atoms with Gasteiger partial charge in [0.25, 0.3) is 5.97 Å². The van der Waals surface area contributed by atoms with Crippen molar-refractivity contribution in [1.82, 2.24) is 5.43 Å². The van der Waals surface area contributed by atoms with E-state index in [1.165, 1.54) is 77.7 Å². The molecule has 222 valence electrons. The maximum atomic E-state index is 12.1. The second-order valence-electron chi connectivity index (χ2n) is 9.84. The van der Waals surface area contributed by atoms with Gasteiger partial charge >= 0.3 is 5.97 Å². The van der Waals surface area contributed by atoms with Gasteiger partial charge in [-0.2, -0.15) is 0 Å². The Morgan fingerprint density at radius 2 is 1.42 bits per heavy atom. The number of hydrogen-bond donors (Lipinski definition) is 3. The second-order valence-corrected chi connectivity index (χ2v) is 9.84. The molecule has 10 heteroatoms. The summed E-state index contributed by atoms with van der Waals surface area (Å²) in [5.74, 6) is -0.956. The second kappa shape index (κ2) is 26.4. The number of carbonyl (C=O) groups excluding carboxylic acids is 3. The summed E-state index contributed by atoms with van der Waals surface area (Å²) in [5, 5.41) is 0. The lowest BCUT2D eigenvalue weighted by Gasteiger charge is -2.33. The van der Waals surface area contributed by atoms with Crippen LogP contribution in [0.5, 0.6) is 0 Å². The fraction of sp³-hybridized carbons (Fsp3) is 0.857. The molecule has 0 heterocycles. The van der Waals surface area contributed by atoms with Gasteiger partial charge in [-0.1, -0.05) is 90.4 Å². The number of esters is 2. The number of hydrogen-bond acceptors (Lipinski definition) is 7. The molecule has 38 heavy (non-hydrogen) atoms.